The van der Waals surface area contributed by atoms with Gasteiger partial charge in [-0.3, -0.25) is 0 Å². The minimum absolute atomic E-state index is 0.245. The first kappa shape index (κ1) is 11.0. The minimum Gasteiger partial charge on any atom is -0.383 e. The molecule has 3 nitrogen and oxygen atoms in total. The van der Waals surface area contributed by atoms with Crippen LogP contribution in [0.25, 0.3) is 11.3 Å². The van der Waals surface area contributed by atoms with E-state index in [1.807, 2.05) is 6.07 Å². The van der Waals surface area contributed by atoms with Crippen LogP contribution in [-0.2, 0) is 0 Å². The lowest BCUT2D eigenvalue weighted by molar-refractivity contribution is 0.628. The number of rotatable bonds is 3. The maximum absolute atomic E-state index is 13.4. The molecule has 2 aliphatic rings. The van der Waals surface area contributed by atoms with Gasteiger partial charge in [-0.1, -0.05) is 12.1 Å². The van der Waals surface area contributed by atoms with Crippen molar-refractivity contribution < 1.29 is 4.39 Å². The molecule has 1 heterocycles. The number of hydrogen-bond donors (Lipinski definition) is 1. The second-order valence-electron chi connectivity index (χ2n) is 5.59. The maximum atomic E-state index is 13.4. The van der Waals surface area contributed by atoms with Crippen LogP contribution in [0.3, 0.4) is 0 Å². The molecule has 2 aliphatic carbocycles. The van der Waals surface area contributed by atoms with Gasteiger partial charge in [-0.2, -0.15) is 0 Å². The summed E-state index contributed by atoms with van der Waals surface area (Å²) in [6.07, 6.45) is 4.77. The second kappa shape index (κ2) is 3.83. The number of imidazole rings is 1. The lowest BCUT2D eigenvalue weighted by atomic mass is 10.1. The van der Waals surface area contributed by atoms with Gasteiger partial charge in [-0.05, 0) is 37.8 Å². The summed E-state index contributed by atoms with van der Waals surface area (Å²) in [5.41, 5.74) is 7.79. The first-order valence-corrected chi connectivity index (χ1v) is 6.87. The molecule has 2 aromatic rings. The summed E-state index contributed by atoms with van der Waals surface area (Å²) >= 11 is 0. The summed E-state index contributed by atoms with van der Waals surface area (Å²) in [6.45, 7) is 0. The predicted molar refractivity (Wildman–Crippen MR) is 72.3 cm³/mol. The van der Waals surface area contributed by atoms with Crippen molar-refractivity contribution in [2.45, 2.75) is 37.6 Å². The fourth-order valence-electron chi connectivity index (χ4n) is 2.66. The average Bonchev–Trinajstić information content (AvgIpc) is 3.28. The second-order valence-corrected chi connectivity index (χ2v) is 5.59. The van der Waals surface area contributed by atoms with Gasteiger partial charge >= 0.3 is 0 Å². The summed E-state index contributed by atoms with van der Waals surface area (Å²) in [6, 6.07) is 7.05. The highest BCUT2D eigenvalue weighted by Gasteiger charge is 2.36. The van der Waals surface area contributed by atoms with Crippen LogP contribution in [0.1, 0.15) is 43.5 Å². The van der Waals surface area contributed by atoms with E-state index in [2.05, 4.69) is 4.57 Å². The van der Waals surface area contributed by atoms with Crippen molar-refractivity contribution in [2.75, 3.05) is 5.73 Å². The SMILES string of the molecule is Nc1c(-c2cccc(F)c2)nc(C2CC2)n1C1CC1. The first-order chi connectivity index (χ1) is 9.24. The third-order valence-electron chi connectivity index (χ3n) is 3.93. The van der Waals surface area contributed by atoms with E-state index < -0.39 is 0 Å². The molecule has 0 aliphatic heterocycles. The average molecular weight is 257 g/mol. The third-order valence-corrected chi connectivity index (χ3v) is 3.93. The zero-order chi connectivity index (χ0) is 13.0. The number of benzene rings is 1. The molecule has 0 bridgehead atoms. The van der Waals surface area contributed by atoms with Crippen LogP contribution in [0.5, 0.6) is 0 Å². The third kappa shape index (κ3) is 1.82. The Morgan fingerprint density at radius 1 is 1.21 bits per heavy atom. The molecule has 4 rings (SSSR count). The molecular weight excluding hydrogens is 241 g/mol. The summed E-state index contributed by atoms with van der Waals surface area (Å²) in [4.78, 5) is 4.72. The Morgan fingerprint density at radius 3 is 2.63 bits per heavy atom. The van der Waals surface area contributed by atoms with Crippen LogP contribution in [-0.4, -0.2) is 9.55 Å². The predicted octanol–water partition coefficient (Wildman–Crippen LogP) is 3.48. The highest BCUT2D eigenvalue weighted by atomic mass is 19.1. The van der Waals surface area contributed by atoms with Crippen molar-refractivity contribution in [3.05, 3.63) is 35.9 Å². The van der Waals surface area contributed by atoms with Gasteiger partial charge in [0.2, 0.25) is 0 Å². The molecule has 2 saturated carbocycles. The van der Waals surface area contributed by atoms with Crippen LogP contribution >= 0.6 is 0 Å². The van der Waals surface area contributed by atoms with Crippen molar-refractivity contribution in [3.8, 4) is 11.3 Å². The van der Waals surface area contributed by atoms with Gasteiger partial charge in [-0.15, -0.1) is 0 Å². The van der Waals surface area contributed by atoms with Crippen LogP contribution in [0.15, 0.2) is 24.3 Å². The fraction of sp³-hybridized carbons (Fsp3) is 0.400. The summed E-state index contributed by atoms with van der Waals surface area (Å²) in [5, 5.41) is 0. The topological polar surface area (TPSA) is 43.8 Å². The van der Waals surface area contributed by atoms with Crippen LogP contribution in [0, 0.1) is 5.82 Å². The largest absolute Gasteiger partial charge is 0.383 e. The Hall–Kier alpha value is -1.84. The van der Waals surface area contributed by atoms with E-state index in [0.29, 0.717) is 17.8 Å². The highest BCUT2D eigenvalue weighted by Crippen LogP contribution is 2.47. The maximum Gasteiger partial charge on any atom is 0.132 e. The van der Waals surface area contributed by atoms with Gasteiger partial charge in [0.15, 0.2) is 0 Å². The number of halogens is 1. The lowest BCUT2D eigenvalue weighted by Gasteiger charge is -2.07. The summed E-state index contributed by atoms with van der Waals surface area (Å²) in [7, 11) is 0. The Labute approximate surface area is 111 Å². The molecular formula is C15H16FN3. The summed E-state index contributed by atoms with van der Waals surface area (Å²) < 4.78 is 15.6. The van der Waals surface area contributed by atoms with Crippen molar-refractivity contribution >= 4 is 5.82 Å². The Morgan fingerprint density at radius 2 is 2.00 bits per heavy atom. The Kier molecular flexibility index (Phi) is 2.22. The van der Waals surface area contributed by atoms with Crippen molar-refractivity contribution in [3.63, 3.8) is 0 Å². The highest BCUT2D eigenvalue weighted by molar-refractivity contribution is 5.71. The quantitative estimate of drug-likeness (QED) is 0.914. The molecule has 0 spiro atoms. The standard InChI is InChI=1S/C15H16FN3/c16-11-3-1-2-10(8-11)13-14(17)19(12-6-7-12)15(18-13)9-4-5-9/h1-3,8-9,12H,4-7,17H2. The van der Waals surface area contributed by atoms with Gasteiger partial charge < -0.3 is 10.3 Å². The van der Waals surface area contributed by atoms with Gasteiger partial charge in [0.1, 0.15) is 23.2 Å². The van der Waals surface area contributed by atoms with Gasteiger partial charge in [0.25, 0.3) is 0 Å². The van der Waals surface area contributed by atoms with E-state index in [0.717, 1.165) is 17.1 Å². The van der Waals surface area contributed by atoms with Gasteiger partial charge in [-0.25, -0.2) is 9.37 Å². The number of nitrogen functional groups attached to an aromatic ring is 1. The molecule has 1 aromatic carbocycles. The normalized spacial score (nSPS) is 18.8. The first-order valence-electron chi connectivity index (χ1n) is 6.87. The number of nitrogens with zero attached hydrogens (tertiary/aromatic N) is 2. The van der Waals surface area contributed by atoms with E-state index in [9.17, 15) is 4.39 Å². The zero-order valence-corrected chi connectivity index (χ0v) is 10.6. The lowest BCUT2D eigenvalue weighted by Crippen LogP contribution is -2.04. The van der Waals surface area contributed by atoms with Crippen molar-refractivity contribution in [1.29, 1.82) is 0 Å². The van der Waals surface area contributed by atoms with E-state index in [-0.39, 0.29) is 5.82 Å². The molecule has 0 unspecified atom stereocenters. The molecule has 2 N–H and O–H groups in total. The fourth-order valence-corrected chi connectivity index (χ4v) is 2.66. The molecule has 0 radical (unpaired) electrons. The van der Waals surface area contributed by atoms with E-state index in [4.69, 9.17) is 10.7 Å². The minimum atomic E-state index is -0.245. The number of aromatic nitrogens is 2. The molecule has 0 saturated heterocycles. The van der Waals surface area contributed by atoms with Gasteiger partial charge in [0, 0.05) is 17.5 Å². The molecule has 98 valence electrons. The molecule has 1 aromatic heterocycles. The summed E-state index contributed by atoms with van der Waals surface area (Å²) in [5.74, 6) is 2.13. The zero-order valence-electron chi connectivity index (χ0n) is 10.6. The van der Waals surface area contributed by atoms with Gasteiger partial charge in [0.05, 0.1) is 0 Å². The van der Waals surface area contributed by atoms with E-state index >= 15 is 0 Å². The Balaban J connectivity index is 1.86. The Bertz CT molecular complexity index is 639. The number of nitrogens with two attached hydrogens (primary N) is 1. The molecule has 4 heteroatoms. The number of anilines is 1. The molecule has 0 atom stereocenters. The van der Waals surface area contributed by atoms with E-state index in [1.54, 1.807) is 6.07 Å². The van der Waals surface area contributed by atoms with Crippen LogP contribution < -0.4 is 5.73 Å². The molecule has 19 heavy (non-hydrogen) atoms. The van der Waals surface area contributed by atoms with E-state index in [1.165, 1.54) is 37.8 Å². The number of hydrogen-bond acceptors (Lipinski definition) is 2. The van der Waals surface area contributed by atoms with Crippen LogP contribution in [0.4, 0.5) is 10.2 Å². The molecule has 0 amide bonds. The van der Waals surface area contributed by atoms with Crippen molar-refractivity contribution in [2.24, 2.45) is 0 Å². The monoisotopic (exact) mass is 257 g/mol. The van der Waals surface area contributed by atoms with Crippen LogP contribution in [0.2, 0.25) is 0 Å². The van der Waals surface area contributed by atoms with Crippen molar-refractivity contribution in [1.82, 2.24) is 9.55 Å². The smallest absolute Gasteiger partial charge is 0.132 e. The molecule has 2 fully saturated rings.